The van der Waals surface area contributed by atoms with E-state index in [0.29, 0.717) is 24.9 Å². The van der Waals surface area contributed by atoms with Crippen LogP contribution in [-0.4, -0.2) is 52.3 Å². The van der Waals surface area contributed by atoms with Gasteiger partial charge in [-0.15, -0.1) is 10.2 Å². The number of hydrogen-bond donors (Lipinski definition) is 1. The molecule has 3 rings (SSSR count). The number of nitrogens with zero attached hydrogens (tertiary/aromatic N) is 3. The van der Waals surface area contributed by atoms with Crippen LogP contribution in [0.3, 0.4) is 0 Å². The van der Waals surface area contributed by atoms with Crippen molar-refractivity contribution in [3.05, 3.63) is 48.0 Å². The van der Waals surface area contributed by atoms with Crippen molar-refractivity contribution in [1.29, 1.82) is 0 Å². The Hall–Kier alpha value is -3.20. The number of thioether (sulfide) groups is 1. The minimum absolute atomic E-state index is 0.0408. The molecule has 36 heavy (non-hydrogen) atoms. The van der Waals surface area contributed by atoms with Gasteiger partial charge in [-0.1, -0.05) is 17.8 Å². The van der Waals surface area contributed by atoms with E-state index >= 15 is 0 Å². The summed E-state index contributed by atoms with van der Waals surface area (Å²) in [5, 5.41) is 12.6. The molecule has 194 valence electrons. The smallest absolute Gasteiger partial charge is 0.230 e. The normalized spacial score (nSPS) is 11.3. The molecule has 0 aliphatic rings. The highest BCUT2D eigenvalue weighted by Crippen LogP contribution is 2.30. The molecule has 0 atom stereocenters. The molecule has 1 amide bonds. The van der Waals surface area contributed by atoms with Crippen LogP contribution in [0.25, 0.3) is 11.4 Å². The zero-order valence-electron chi connectivity index (χ0n) is 22.0. The summed E-state index contributed by atoms with van der Waals surface area (Å²) in [4.78, 5) is 12.4. The monoisotopic (exact) mass is 512 g/mol. The summed E-state index contributed by atoms with van der Waals surface area (Å²) < 4.78 is 18.8. The summed E-state index contributed by atoms with van der Waals surface area (Å²) in [5.74, 6) is 3.22. The molecule has 2 aromatic carbocycles. The molecular formula is C27H36N4O4S. The lowest BCUT2D eigenvalue weighted by Crippen LogP contribution is -2.41. The third-order valence-corrected chi connectivity index (χ3v) is 6.11. The lowest BCUT2D eigenvalue weighted by molar-refractivity contribution is -0.119. The Bertz CT molecular complexity index is 1140. The van der Waals surface area contributed by atoms with Gasteiger partial charge in [0.2, 0.25) is 5.91 Å². The van der Waals surface area contributed by atoms with E-state index in [4.69, 9.17) is 14.2 Å². The number of rotatable bonds is 12. The number of aromatic nitrogens is 3. The van der Waals surface area contributed by atoms with Crippen LogP contribution in [0.15, 0.2) is 47.6 Å². The van der Waals surface area contributed by atoms with Crippen LogP contribution in [0.4, 0.5) is 0 Å². The third-order valence-electron chi connectivity index (χ3n) is 5.14. The highest BCUT2D eigenvalue weighted by molar-refractivity contribution is 7.99. The maximum absolute atomic E-state index is 12.4. The van der Waals surface area contributed by atoms with Crippen LogP contribution in [0.1, 0.15) is 40.2 Å². The molecule has 1 N–H and O–H groups in total. The SMILES string of the molecule is CCOc1ccc(CCn2c(SCC(=O)NC(C)(C)C)nnc2-c2ccc(OC)cc2)cc1OCC. The fourth-order valence-corrected chi connectivity index (χ4v) is 4.39. The third kappa shape index (κ3) is 7.65. The van der Waals surface area contributed by atoms with E-state index < -0.39 is 0 Å². The Morgan fingerprint density at radius 1 is 1.00 bits per heavy atom. The number of benzene rings is 2. The lowest BCUT2D eigenvalue weighted by atomic mass is 10.1. The molecule has 0 unspecified atom stereocenters. The fourth-order valence-electron chi connectivity index (χ4n) is 3.63. The maximum atomic E-state index is 12.4. The molecule has 1 heterocycles. The highest BCUT2D eigenvalue weighted by atomic mass is 32.2. The molecule has 8 nitrogen and oxygen atoms in total. The standard InChI is InChI=1S/C27H36N4O4S/c1-7-34-22-14-9-19(17-23(22)35-8-2)15-16-31-25(20-10-12-21(33-6)13-11-20)29-30-26(31)36-18-24(32)28-27(3,4)5/h9-14,17H,7-8,15-16,18H2,1-6H3,(H,28,32). The number of amides is 1. The summed E-state index contributed by atoms with van der Waals surface area (Å²) in [6.07, 6.45) is 0.732. The highest BCUT2D eigenvalue weighted by Gasteiger charge is 2.18. The predicted octanol–water partition coefficient (Wildman–Crippen LogP) is 5.00. The second kappa shape index (κ2) is 12.7. The molecule has 1 aromatic heterocycles. The Morgan fingerprint density at radius 3 is 2.33 bits per heavy atom. The van der Waals surface area contributed by atoms with Gasteiger partial charge in [0.05, 0.1) is 26.1 Å². The maximum Gasteiger partial charge on any atom is 0.230 e. The van der Waals surface area contributed by atoms with E-state index in [1.165, 1.54) is 11.8 Å². The van der Waals surface area contributed by atoms with Crippen LogP contribution in [0.5, 0.6) is 17.2 Å². The quantitative estimate of drug-likeness (QED) is 0.342. The zero-order chi connectivity index (χ0) is 26.1. The Balaban J connectivity index is 1.85. The largest absolute Gasteiger partial charge is 0.497 e. The average molecular weight is 513 g/mol. The van der Waals surface area contributed by atoms with Crippen molar-refractivity contribution in [3.8, 4) is 28.6 Å². The molecule has 3 aromatic rings. The molecule has 0 spiro atoms. The number of carbonyl (C=O) groups excluding carboxylic acids is 1. The summed E-state index contributed by atoms with van der Waals surface area (Å²) in [5.41, 5.74) is 1.75. The molecule has 0 radical (unpaired) electrons. The Kier molecular flexibility index (Phi) is 9.64. The number of aryl methyl sites for hydroxylation is 1. The van der Waals surface area contributed by atoms with E-state index in [-0.39, 0.29) is 17.2 Å². The van der Waals surface area contributed by atoms with E-state index in [0.717, 1.165) is 40.6 Å². The van der Waals surface area contributed by atoms with Gasteiger partial charge in [-0.3, -0.25) is 4.79 Å². The molecule has 0 aliphatic heterocycles. The molecule has 0 fully saturated rings. The van der Waals surface area contributed by atoms with E-state index in [1.54, 1.807) is 7.11 Å². The Morgan fingerprint density at radius 2 is 1.69 bits per heavy atom. The van der Waals surface area contributed by atoms with Crippen LogP contribution in [0.2, 0.25) is 0 Å². The van der Waals surface area contributed by atoms with Gasteiger partial charge in [0.15, 0.2) is 22.5 Å². The van der Waals surface area contributed by atoms with E-state index in [1.807, 2.05) is 71.0 Å². The Labute approximate surface area is 217 Å². The van der Waals surface area contributed by atoms with Gasteiger partial charge in [0.1, 0.15) is 5.75 Å². The van der Waals surface area contributed by atoms with Crippen molar-refractivity contribution in [1.82, 2.24) is 20.1 Å². The molecular weight excluding hydrogens is 476 g/mol. The summed E-state index contributed by atoms with van der Waals surface area (Å²) >= 11 is 1.38. The second-order valence-electron chi connectivity index (χ2n) is 9.17. The van der Waals surface area contributed by atoms with Gasteiger partial charge in [0, 0.05) is 17.6 Å². The number of ether oxygens (including phenoxy) is 3. The predicted molar refractivity (Wildman–Crippen MR) is 143 cm³/mol. The van der Waals surface area contributed by atoms with Gasteiger partial charge in [0.25, 0.3) is 0 Å². The zero-order valence-corrected chi connectivity index (χ0v) is 22.8. The molecule has 9 heteroatoms. The average Bonchev–Trinajstić information content (AvgIpc) is 3.25. The summed E-state index contributed by atoms with van der Waals surface area (Å²) in [6.45, 7) is 11.6. The van der Waals surface area contributed by atoms with Gasteiger partial charge in [-0.2, -0.15) is 0 Å². The van der Waals surface area contributed by atoms with Crippen LogP contribution >= 0.6 is 11.8 Å². The van der Waals surface area contributed by atoms with Crippen molar-refractivity contribution >= 4 is 17.7 Å². The number of hydrogen-bond acceptors (Lipinski definition) is 7. The van der Waals surface area contributed by atoms with Gasteiger partial charge >= 0.3 is 0 Å². The fraction of sp³-hybridized carbons (Fsp3) is 0.444. The first-order chi connectivity index (χ1) is 17.2. The molecule has 0 saturated carbocycles. The first-order valence-corrected chi connectivity index (χ1v) is 13.1. The summed E-state index contributed by atoms with van der Waals surface area (Å²) in [6, 6.07) is 13.8. The second-order valence-corrected chi connectivity index (χ2v) is 10.1. The number of methoxy groups -OCH3 is 1. The first-order valence-electron chi connectivity index (χ1n) is 12.1. The van der Waals surface area contributed by atoms with Crippen LogP contribution < -0.4 is 19.5 Å². The molecule has 0 bridgehead atoms. The van der Waals surface area contributed by atoms with Gasteiger partial charge in [-0.25, -0.2) is 0 Å². The van der Waals surface area contributed by atoms with Gasteiger partial charge in [-0.05, 0) is 83.0 Å². The van der Waals surface area contributed by atoms with Gasteiger partial charge < -0.3 is 24.1 Å². The van der Waals surface area contributed by atoms with Crippen molar-refractivity contribution < 1.29 is 19.0 Å². The topological polar surface area (TPSA) is 87.5 Å². The van der Waals surface area contributed by atoms with Crippen molar-refractivity contribution in [2.75, 3.05) is 26.1 Å². The summed E-state index contributed by atoms with van der Waals surface area (Å²) in [7, 11) is 1.64. The van der Waals surface area contributed by atoms with E-state index in [2.05, 4.69) is 26.1 Å². The van der Waals surface area contributed by atoms with Crippen molar-refractivity contribution in [2.24, 2.45) is 0 Å². The van der Waals surface area contributed by atoms with Crippen molar-refractivity contribution in [3.63, 3.8) is 0 Å². The molecule has 0 saturated heterocycles. The van der Waals surface area contributed by atoms with Crippen LogP contribution in [0, 0.1) is 0 Å². The number of nitrogens with one attached hydrogen (secondary N) is 1. The number of carbonyl (C=O) groups is 1. The minimum Gasteiger partial charge on any atom is -0.497 e. The van der Waals surface area contributed by atoms with E-state index in [9.17, 15) is 4.79 Å². The van der Waals surface area contributed by atoms with Crippen LogP contribution in [-0.2, 0) is 17.8 Å². The van der Waals surface area contributed by atoms with Crippen molar-refractivity contribution in [2.45, 2.75) is 58.3 Å². The first kappa shape index (κ1) is 27.4. The molecule has 0 aliphatic carbocycles. The lowest BCUT2D eigenvalue weighted by Gasteiger charge is -2.20. The minimum atomic E-state index is -0.286.